The van der Waals surface area contributed by atoms with Gasteiger partial charge in [-0.25, -0.2) is 18.9 Å². The number of alkyl halides is 3. The maximum absolute atomic E-state index is 13.5. The zero-order valence-electron chi connectivity index (χ0n) is 10.9. The van der Waals surface area contributed by atoms with Gasteiger partial charge in [0.25, 0.3) is 0 Å². The van der Waals surface area contributed by atoms with Gasteiger partial charge < -0.3 is 14.8 Å². The second-order valence-electron chi connectivity index (χ2n) is 4.40. The van der Waals surface area contributed by atoms with Gasteiger partial charge in [-0.05, 0) is 6.07 Å². The summed E-state index contributed by atoms with van der Waals surface area (Å²) in [6.07, 6.45) is -4.17. The summed E-state index contributed by atoms with van der Waals surface area (Å²) < 4.78 is 56.9. The molecule has 0 amide bonds. The number of imidazole rings is 1. The van der Waals surface area contributed by atoms with Gasteiger partial charge in [-0.3, -0.25) is 0 Å². The van der Waals surface area contributed by atoms with Crippen LogP contribution in [0.1, 0.15) is 5.56 Å². The van der Waals surface area contributed by atoms with Crippen LogP contribution in [0, 0.1) is 5.82 Å². The minimum Gasteiger partial charge on any atom is -0.449 e. The molecule has 11 heteroatoms. The largest absolute Gasteiger partial charge is 0.511 e. The van der Waals surface area contributed by atoms with E-state index in [1.54, 1.807) is 0 Å². The molecule has 3 rings (SSSR count). The highest BCUT2D eigenvalue weighted by atomic mass is 19.4. The van der Waals surface area contributed by atoms with Crippen LogP contribution in [-0.4, -0.2) is 31.0 Å². The van der Waals surface area contributed by atoms with Crippen molar-refractivity contribution in [2.45, 2.75) is 6.18 Å². The first-order chi connectivity index (χ1) is 10.7. The number of hydrogen-bond acceptors (Lipinski definition) is 4. The minimum atomic E-state index is -4.84. The lowest BCUT2D eigenvalue weighted by molar-refractivity contribution is -0.139. The van der Waals surface area contributed by atoms with Gasteiger partial charge in [0, 0.05) is 6.07 Å². The molecule has 2 N–H and O–H groups in total. The number of rotatable bonds is 2. The highest BCUT2D eigenvalue weighted by Crippen LogP contribution is 2.33. The number of hydrogen-bond donors (Lipinski definition) is 2. The van der Waals surface area contributed by atoms with Crippen LogP contribution in [0.3, 0.4) is 0 Å². The second-order valence-corrected chi connectivity index (χ2v) is 4.40. The molecule has 0 aliphatic rings. The lowest BCUT2D eigenvalue weighted by atomic mass is 10.2. The van der Waals surface area contributed by atoms with E-state index in [0.29, 0.717) is 12.1 Å². The summed E-state index contributed by atoms with van der Waals surface area (Å²) in [7, 11) is 0. The number of H-pyrrole nitrogens is 1. The number of halogens is 4. The molecule has 0 unspecified atom stereocenters. The molecule has 7 nitrogen and oxygen atoms in total. The van der Waals surface area contributed by atoms with E-state index >= 15 is 0 Å². The zero-order chi connectivity index (χ0) is 16.8. The SMILES string of the molecule is O=C(O)Oc1cnn(-c2nc3cc(F)c(C(F)(F)F)cc3[nH]2)c1. The molecule has 2 aromatic heterocycles. The fraction of sp³-hybridized carbons (Fsp3) is 0.0833. The predicted molar refractivity (Wildman–Crippen MR) is 66.8 cm³/mol. The average molecular weight is 330 g/mol. The number of nitrogens with zero attached hydrogens (tertiary/aromatic N) is 3. The van der Waals surface area contributed by atoms with Crippen molar-refractivity contribution in [2.24, 2.45) is 0 Å². The summed E-state index contributed by atoms with van der Waals surface area (Å²) in [4.78, 5) is 16.8. The minimum absolute atomic E-state index is 0.0287. The van der Waals surface area contributed by atoms with Crippen molar-refractivity contribution in [3.63, 3.8) is 0 Å². The summed E-state index contributed by atoms with van der Waals surface area (Å²) in [6, 6.07) is 1.25. The molecular formula is C12H6F4N4O3. The summed E-state index contributed by atoms with van der Waals surface area (Å²) >= 11 is 0. The van der Waals surface area contributed by atoms with E-state index in [1.807, 2.05) is 0 Å². The summed E-state index contributed by atoms with van der Waals surface area (Å²) in [6.45, 7) is 0. The lowest BCUT2D eigenvalue weighted by Gasteiger charge is -2.06. The molecule has 0 spiro atoms. The smallest absolute Gasteiger partial charge is 0.449 e. The van der Waals surface area contributed by atoms with E-state index in [0.717, 1.165) is 17.1 Å². The standard InChI is InChI=1S/C12H6F4N4O3/c13-7-2-9-8(1-6(7)12(14,15)16)18-10(19-9)20-4-5(3-17-20)23-11(21)22/h1-4H,(H,18,19)(H,21,22). The second kappa shape index (κ2) is 4.97. The number of ether oxygens (including phenoxy) is 1. The Morgan fingerprint density at radius 2 is 2.09 bits per heavy atom. The quantitative estimate of drug-likeness (QED) is 0.557. The molecule has 0 aliphatic heterocycles. The first-order valence-electron chi connectivity index (χ1n) is 5.96. The van der Waals surface area contributed by atoms with E-state index in [1.165, 1.54) is 0 Å². The molecule has 1 aromatic carbocycles. The number of nitrogens with one attached hydrogen (secondary N) is 1. The van der Waals surface area contributed by atoms with Gasteiger partial charge >= 0.3 is 12.3 Å². The Morgan fingerprint density at radius 1 is 1.35 bits per heavy atom. The Bertz CT molecular complexity index is 899. The van der Waals surface area contributed by atoms with Crippen molar-refractivity contribution in [1.29, 1.82) is 0 Å². The molecule has 3 aromatic rings. The van der Waals surface area contributed by atoms with Gasteiger partial charge in [-0.2, -0.15) is 18.3 Å². The van der Waals surface area contributed by atoms with Crippen molar-refractivity contribution in [3.05, 3.63) is 35.9 Å². The topological polar surface area (TPSA) is 93.0 Å². The molecule has 120 valence electrons. The van der Waals surface area contributed by atoms with Crippen LogP contribution in [0.5, 0.6) is 5.75 Å². The maximum Gasteiger partial charge on any atom is 0.511 e. The first kappa shape index (κ1) is 14.8. The summed E-state index contributed by atoms with van der Waals surface area (Å²) in [5.74, 6) is -1.59. The molecular weight excluding hydrogens is 324 g/mol. The monoisotopic (exact) mass is 330 g/mol. The Kier molecular flexibility index (Phi) is 3.20. The summed E-state index contributed by atoms with van der Waals surface area (Å²) in [5.41, 5.74) is -1.51. The van der Waals surface area contributed by atoms with Crippen molar-refractivity contribution >= 4 is 17.2 Å². The molecule has 0 bridgehead atoms. The highest BCUT2D eigenvalue weighted by Gasteiger charge is 2.34. The van der Waals surface area contributed by atoms with Crippen LogP contribution >= 0.6 is 0 Å². The van der Waals surface area contributed by atoms with Crippen LogP contribution in [0.25, 0.3) is 17.0 Å². The third-order valence-corrected chi connectivity index (χ3v) is 2.84. The van der Waals surface area contributed by atoms with Crippen LogP contribution in [0.4, 0.5) is 22.4 Å². The Morgan fingerprint density at radius 3 is 2.74 bits per heavy atom. The molecule has 0 aliphatic carbocycles. The molecule has 0 fully saturated rings. The van der Waals surface area contributed by atoms with Crippen LogP contribution in [0.2, 0.25) is 0 Å². The Balaban J connectivity index is 2.03. The van der Waals surface area contributed by atoms with Crippen LogP contribution in [-0.2, 0) is 6.18 Å². The van der Waals surface area contributed by atoms with Gasteiger partial charge in [0.15, 0.2) is 5.75 Å². The van der Waals surface area contributed by atoms with Crippen molar-refractivity contribution in [1.82, 2.24) is 19.7 Å². The van der Waals surface area contributed by atoms with Gasteiger partial charge in [-0.1, -0.05) is 0 Å². The number of aromatic amines is 1. The van der Waals surface area contributed by atoms with E-state index in [2.05, 4.69) is 19.8 Å². The third-order valence-electron chi connectivity index (χ3n) is 2.84. The fourth-order valence-corrected chi connectivity index (χ4v) is 1.92. The normalized spacial score (nSPS) is 11.8. The molecule has 0 radical (unpaired) electrons. The van der Waals surface area contributed by atoms with Gasteiger partial charge in [-0.15, -0.1) is 0 Å². The summed E-state index contributed by atoms with van der Waals surface area (Å²) in [5, 5.41) is 12.2. The van der Waals surface area contributed by atoms with Gasteiger partial charge in [0.2, 0.25) is 5.95 Å². The van der Waals surface area contributed by atoms with Crippen molar-refractivity contribution in [3.8, 4) is 11.7 Å². The van der Waals surface area contributed by atoms with Crippen molar-refractivity contribution in [2.75, 3.05) is 0 Å². The van der Waals surface area contributed by atoms with Crippen molar-refractivity contribution < 1.29 is 32.2 Å². The fourth-order valence-electron chi connectivity index (χ4n) is 1.92. The molecule has 0 saturated carbocycles. The number of benzene rings is 1. The molecule has 23 heavy (non-hydrogen) atoms. The number of fused-ring (bicyclic) bond motifs is 1. The van der Waals surface area contributed by atoms with E-state index in [4.69, 9.17) is 5.11 Å². The Hall–Kier alpha value is -3.11. The highest BCUT2D eigenvalue weighted by molar-refractivity contribution is 5.77. The predicted octanol–water partition coefficient (Wildman–Crippen LogP) is 2.96. The molecule has 0 saturated heterocycles. The zero-order valence-corrected chi connectivity index (χ0v) is 10.9. The van der Waals surface area contributed by atoms with Crippen LogP contribution in [0.15, 0.2) is 24.5 Å². The van der Waals surface area contributed by atoms with Gasteiger partial charge in [0.05, 0.1) is 29.0 Å². The number of aromatic nitrogens is 4. The third kappa shape index (κ3) is 2.80. The maximum atomic E-state index is 13.5. The van der Waals surface area contributed by atoms with E-state index < -0.39 is 23.7 Å². The average Bonchev–Trinajstić information content (AvgIpc) is 3.01. The number of carbonyl (C=O) groups is 1. The first-order valence-corrected chi connectivity index (χ1v) is 5.96. The van der Waals surface area contributed by atoms with Crippen LogP contribution < -0.4 is 4.74 Å². The Labute approximate surface area is 124 Å². The lowest BCUT2D eigenvalue weighted by Crippen LogP contribution is -2.07. The number of carboxylic acid groups (broad SMARTS) is 1. The molecule has 2 heterocycles. The van der Waals surface area contributed by atoms with Gasteiger partial charge in [0.1, 0.15) is 5.82 Å². The van der Waals surface area contributed by atoms with E-state index in [9.17, 15) is 22.4 Å². The van der Waals surface area contributed by atoms with E-state index in [-0.39, 0.29) is 22.7 Å². The molecule has 0 atom stereocenters.